The minimum atomic E-state index is 0.577. The maximum atomic E-state index is 5.34. The van der Waals surface area contributed by atoms with E-state index in [-0.39, 0.29) is 0 Å². The van der Waals surface area contributed by atoms with Gasteiger partial charge in [-0.15, -0.1) is 0 Å². The van der Waals surface area contributed by atoms with E-state index >= 15 is 0 Å². The Kier molecular flexibility index (Phi) is 3.78. The molecule has 94 valence electrons. The molecule has 0 radical (unpaired) electrons. The quantitative estimate of drug-likeness (QED) is 0.617. The molecule has 0 aromatic carbocycles. The summed E-state index contributed by atoms with van der Waals surface area (Å²) < 4.78 is 0. The molecule has 1 fully saturated rings. The van der Waals surface area contributed by atoms with Gasteiger partial charge in [0.05, 0.1) is 12.4 Å². The maximum absolute atomic E-state index is 5.34. The lowest BCUT2D eigenvalue weighted by molar-refractivity contribution is 0.340. The zero-order chi connectivity index (χ0) is 12.3. The normalized spacial score (nSPS) is 24.4. The Balaban J connectivity index is 2.05. The summed E-state index contributed by atoms with van der Waals surface area (Å²) in [5.41, 5.74) is 2.53. The fourth-order valence-electron chi connectivity index (χ4n) is 2.41. The van der Waals surface area contributed by atoms with E-state index in [1.807, 2.05) is 0 Å². The Labute approximate surface area is 102 Å². The van der Waals surface area contributed by atoms with Crippen LogP contribution in [0.25, 0.3) is 0 Å². The predicted octanol–water partition coefficient (Wildman–Crippen LogP) is 1.78. The van der Waals surface area contributed by atoms with Crippen LogP contribution in [-0.4, -0.2) is 23.1 Å². The van der Waals surface area contributed by atoms with Crippen LogP contribution in [0.5, 0.6) is 0 Å². The molecule has 5 nitrogen and oxygen atoms in total. The molecule has 1 aliphatic rings. The van der Waals surface area contributed by atoms with E-state index in [4.69, 9.17) is 5.84 Å². The Bertz CT molecular complexity index is 360. The number of hydrazine groups is 1. The number of anilines is 2. The first-order valence-electron chi connectivity index (χ1n) is 6.22. The molecule has 3 N–H and O–H groups in total. The third-order valence-corrected chi connectivity index (χ3v) is 3.66. The first-order valence-corrected chi connectivity index (χ1v) is 6.22. The van der Waals surface area contributed by atoms with E-state index in [0.717, 1.165) is 11.7 Å². The molecule has 0 unspecified atom stereocenters. The number of nitrogens with two attached hydrogens (primary N) is 1. The molecule has 0 amide bonds. The van der Waals surface area contributed by atoms with Gasteiger partial charge in [0.15, 0.2) is 5.82 Å². The Morgan fingerprint density at radius 3 is 2.65 bits per heavy atom. The SMILES string of the molecule is CC1CCC(N(C)c2cncc(NN)n2)CC1. The average molecular weight is 235 g/mol. The lowest BCUT2D eigenvalue weighted by Crippen LogP contribution is -2.35. The molecular weight excluding hydrogens is 214 g/mol. The molecule has 1 aromatic rings. The van der Waals surface area contributed by atoms with Gasteiger partial charge in [0.2, 0.25) is 0 Å². The van der Waals surface area contributed by atoms with Crippen molar-refractivity contribution in [2.75, 3.05) is 17.4 Å². The van der Waals surface area contributed by atoms with Crippen LogP contribution in [0.15, 0.2) is 12.4 Å². The van der Waals surface area contributed by atoms with Crippen LogP contribution in [0.4, 0.5) is 11.6 Å². The molecule has 1 aliphatic carbocycles. The second-order valence-electron chi connectivity index (χ2n) is 4.93. The van der Waals surface area contributed by atoms with E-state index in [9.17, 15) is 0 Å². The summed E-state index contributed by atoms with van der Waals surface area (Å²) in [6.45, 7) is 2.33. The van der Waals surface area contributed by atoms with E-state index in [1.54, 1.807) is 12.4 Å². The lowest BCUT2D eigenvalue weighted by Gasteiger charge is -2.34. The van der Waals surface area contributed by atoms with Gasteiger partial charge < -0.3 is 10.3 Å². The molecule has 0 spiro atoms. The van der Waals surface area contributed by atoms with Gasteiger partial charge in [0.1, 0.15) is 5.82 Å². The molecule has 0 aliphatic heterocycles. The second kappa shape index (κ2) is 5.31. The van der Waals surface area contributed by atoms with Gasteiger partial charge in [-0.3, -0.25) is 4.98 Å². The van der Waals surface area contributed by atoms with Crippen LogP contribution in [0.3, 0.4) is 0 Å². The summed E-state index contributed by atoms with van der Waals surface area (Å²) in [6.07, 6.45) is 8.49. The highest BCUT2D eigenvalue weighted by molar-refractivity contribution is 5.43. The number of rotatable bonds is 3. The minimum absolute atomic E-state index is 0.577. The van der Waals surface area contributed by atoms with Crippen molar-refractivity contribution < 1.29 is 0 Å². The van der Waals surface area contributed by atoms with E-state index < -0.39 is 0 Å². The van der Waals surface area contributed by atoms with Crippen molar-refractivity contribution in [3.05, 3.63) is 12.4 Å². The Morgan fingerprint density at radius 1 is 1.29 bits per heavy atom. The highest BCUT2D eigenvalue weighted by Crippen LogP contribution is 2.28. The van der Waals surface area contributed by atoms with Crippen molar-refractivity contribution in [3.8, 4) is 0 Å². The first kappa shape index (κ1) is 12.1. The molecule has 0 bridgehead atoms. The van der Waals surface area contributed by atoms with E-state index in [0.29, 0.717) is 11.9 Å². The first-order chi connectivity index (χ1) is 8.20. The third-order valence-electron chi connectivity index (χ3n) is 3.66. The van der Waals surface area contributed by atoms with Gasteiger partial charge in [-0.05, 0) is 31.6 Å². The topological polar surface area (TPSA) is 67.1 Å². The van der Waals surface area contributed by atoms with Gasteiger partial charge >= 0.3 is 0 Å². The molecule has 0 saturated heterocycles. The van der Waals surface area contributed by atoms with Crippen molar-refractivity contribution in [2.24, 2.45) is 11.8 Å². The van der Waals surface area contributed by atoms with Crippen LogP contribution in [0, 0.1) is 5.92 Å². The number of nitrogen functional groups attached to an aromatic ring is 1. The highest BCUT2D eigenvalue weighted by atomic mass is 15.3. The monoisotopic (exact) mass is 235 g/mol. The fourth-order valence-corrected chi connectivity index (χ4v) is 2.41. The summed E-state index contributed by atoms with van der Waals surface area (Å²) in [6, 6.07) is 0.577. The van der Waals surface area contributed by atoms with Crippen LogP contribution >= 0.6 is 0 Å². The van der Waals surface area contributed by atoms with Gasteiger partial charge in [-0.25, -0.2) is 10.8 Å². The smallest absolute Gasteiger partial charge is 0.160 e. The van der Waals surface area contributed by atoms with Crippen LogP contribution in [0.2, 0.25) is 0 Å². The third kappa shape index (κ3) is 2.85. The lowest BCUT2D eigenvalue weighted by atomic mass is 9.87. The standard InChI is InChI=1S/C12H21N5/c1-9-3-5-10(6-4-9)17(2)12-8-14-7-11(15-12)16-13/h7-10H,3-6,13H2,1-2H3,(H,15,16). The van der Waals surface area contributed by atoms with Crippen molar-refractivity contribution in [1.29, 1.82) is 0 Å². The molecule has 1 heterocycles. The number of hydrogen-bond donors (Lipinski definition) is 2. The van der Waals surface area contributed by atoms with Crippen molar-refractivity contribution >= 4 is 11.6 Å². The minimum Gasteiger partial charge on any atom is -0.355 e. The summed E-state index contributed by atoms with van der Waals surface area (Å²) in [7, 11) is 2.09. The van der Waals surface area contributed by atoms with E-state index in [2.05, 4.69) is 34.3 Å². The Morgan fingerprint density at radius 2 is 2.00 bits per heavy atom. The zero-order valence-electron chi connectivity index (χ0n) is 10.6. The molecule has 5 heteroatoms. The summed E-state index contributed by atoms with van der Waals surface area (Å²) >= 11 is 0. The van der Waals surface area contributed by atoms with Gasteiger partial charge in [-0.1, -0.05) is 6.92 Å². The molecular formula is C12H21N5. The second-order valence-corrected chi connectivity index (χ2v) is 4.93. The number of nitrogens with one attached hydrogen (secondary N) is 1. The summed E-state index contributed by atoms with van der Waals surface area (Å²) in [5, 5.41) is 0. The highest BCUT2D eigenvalue weighted by Gasteiger charge is 2.22. The van der Waals surface area contributed by atoms with Gasteiger partial charge in [0.25, 0.3) is 0 Å². The summed E-state index contributed by atoms with van der Waals surface area (Å²) in [5.74, 6) is 7.71. The van der Waals surface area contributed by atoms with Crippen LogP contribution in [0.1, 0.15) is 32.6 Å². The van der Waals surface area contributed by atoms with Crippen molar-refractivity contribution in [1.82, 2.24) is 9.97 Å². The summed E-state index contributed by atoms with van der Waals surface area (Å²) in [4.78, 5) is 10.8. The van der Waals surface area contributed by atoms with Crippen molar-refractivity contribution in [2.45, 2.75) is 38.6 Å². The van der Waals surface area contributed by atoms with Crippen LogP contribution < -0.4 is 16.2 Å². The average Bonchev–Trinajstić information content (AvgIpc) is 2.39. The van der Waals surface area contributed by atoms with Gasteiger partial charge in [0, 0.05) is 13.1 Å². The van der Waals surface area contributed by atoms with Gasteiger partial charge in [-0.2, -0.15) is 0 Å². The molecule has 17 heavy (non-hydrogen) atoms. The predicted molar refractivity (Wildman–Crippen MR) is 69.7 cm³/mol. The molecule has 0 atom stereocenters. The molecule has 1 saturated carbocycles. The maximum Gasteiger partial charge on any atom is 0.160 e. The molecule has 1 aromatic heterocycles. The van der Waals surface area contributed by atoms with Crippen molar-refractivity contribution in [3.63, 3.8) is 0 Å². The Hall–Kier alpha value is -1.36. The number of nitrogens with zero attached hydrogens (tertiary/aromatic N) is 3. The number of aromatic nitrogens is 2. The largest absolute Gasteiger partial charge is 0.355 e. The van der Waals surface area contributed by atoms with Crippen LogP contribution in [-0.2, 0) is 0 Å². The molecule has 2 rings (SSSR count). The van der Waals surface area contributed by atoms with E-state index in [1.165, 1.54) is 25.7 Å². The number of hydrogen-bond acceptors (Lipinski definition) is 5. The fraction of sp³-hybridized carbons (Fsp3) is 0.667. The zero-order valence-corrected chi connectivity index (χ0v) is 10.6.